The summed E-state index contributed by atoms with van der Waals surface area (Å²) in [5, 5.41) is 27.8. The van der Waals surface area contributed by atoms with Crippen LogP contribution in [0.25, 0.3) is 11.3 Å². The number of hydrogen-bond donors (Lipinski definition) is 4. The van der Waals surface area contributed by atoms with Gasteiger partial charge in [0.1, 0.15) is 0 Å². The third-order valence-electron chi connectivity index (χ3n) is 5.64. The first-order valence-electron chi connectivity index (χ1n) is 10.8. The highest BCUT2D eigenvalue weighted by atomic mass is 32.2. The van der Waals surface area contributed by atoms with Gasteiger partial charge in [-0.3, -0.25) is 4.72 Å². The van der Waals surface area contributed by atoms with Gasteiger partial charge in [0.05, 0.1) is 5.69 Å². The Balaban J connectivity index is 0.000000371. The van der Waals surface area contributed by atoms with Crippen LogP contribution in [0.2, 0.25) is 0 Å². The number of fused-ring (bicyclic) bond motifs is 1. The summed E-state index contributed by atoms with van der Waals surface area (Å²) in [6, 6.07) is 11.1. The quantitative estimate of drug-likeness (QED) is 0.395. The molecular weight excluding hydrogens is 476 g/mol. The number of carboxylic acid groups (broad SMARTS) is 2. The Labute approximate surface area is 203 Å². The summed E-state index contributed by atoms with van der Waals surface area (Å²) >= 11 is 0. The van der Waals surface area contributed by atoms with Crippen molar-refractivity contribution in [2.75, 3.05) is 49.9 Å². The molecular formula is C22H28N6O6S. The second-order valence-corrected chi connectivity index (χ2v) is 10.2. The van der Waals surface area contributed by atoms with Crippen LogP contribution in [0.15, 0.2) is 48.6 Å². The van der Waals surface area contributed by atoms with E-state index in [0.29, 0.717) is 29.7 Å². The monoisotopic (exact) mass is 504 g/mol. The molecule has 13 heteroatoms. The zero-order chi connectivity index (χ0) is 25.6. The molecule has 2 aliphatic rings. The SMILES string of the molecule is CN(C)S(=O)(=O)Nc1ccc(-c2ccc(N3CC4CNCC4C3)nn2)cc1.O=C(O)C=CC(=O)O. The molecule has 188 valence electrons. The van der Waals surface area contributed by atoms with Crippen molar-refractivity contribution in [3.05, 3.63) is 48.6 Å². The molecule has 2 saturated heterocycles. The van der Waals surface area contributed by atoms with E-state index in [9.17, 15) is 18.0 Å². The fourth-order valence-electron chi connectivity index (χ4n) is 3.78. The van der Waals surface area contributed by atoms with Crippen molar-refractivity contribution in [2.45, 2.75) is 0 Å². The van der Waals surface area contributed by atoms with E-state index in [1.807, 2.05) is 24.3 Å². The van der Waals surface area contributed by atoms with E-state index in [-0.39, 0.29) is 0 Å². The minimum absolute atomic E-state index is 0.509. The Morgan fingerprint density at radius 3 is 2.03 bits per heavy atom. The van der Waals surface area contributed by atoms with Gasteiger partial charge < -0.3 is 20.4 Å². The average molecular weight is 505 g/mol. The maximum absolute atomic E-state index is 11.9. The Morgan fingerprint density at radius 2 is 1.57 bits per heavy atom. The number of nitrogens with one attached hydrogen (secondary N) is 2. The lowest BCUT2D eigenvalue weighted by atomic mass is 10.0. The van der Waals surface area contributed by atoms with E-state index >= 15 is 0 Å². The van der Waals surface area contributed by atoms with Crippen LogP contribution in [0, 0.1) is 11.8 Å². The lowest BCUT2D eigenvalue weighted by Crippen LogP contribution is -2.28. The van der Waals surface area contributed by atoms with Gasteiger partial charge in [-0.1, -0.05) is 12.1 Å². The zero-order valence-corrected chi connectivity index (χ0v) is 20.1. The first-order valence-corrected chi connectivity index (χ1v) is 12.2. The number of benzene rings is 1. The van der Waals surface area contributed by atoms with Gasteiger partial charge in [-0.15, -0.1) is 10.2 Å². The van der Waals surface area contributed by atoms with Gasteiger partial charge in [0.2, 0.25) is 0 Å². The van der Waals surface area contributed by atoms with Crippen molar-refractivity contribution in [1.29, 1.82) is 0 Å². The molecule has 4 rings (SSSR count). The Kier molecular flexibility index (Phi) is 8.38. The van der Waals surface area contributed by atoms with Crippen LogP contribution in [0.3, 0.4) is 0 Å². The molecule has 2 unspecified atom stereocenters. The summed E-state index contributed by atoms with van der Waals surface area (Å²) in [4.78, 5) is 21.4. The maximum atomic E-state index is 11.9. The minimum Gasteiger partial charge on any atom is -0.478 e. The van der Waals surface area contributed by atoms with Gasteiger partial charge in [-0.25, -0.2) is 9.59 Å². The van der Waals surface area contributed by atoms with Crippen LogP contribution in [-0.4, -0.2) is 85.3 Å². The summed E-state index contributed by atoms with van der Waals surface area (Å²) < 4.78 is 27.4. The smallest absolute Gasteiger partial charge is 0.328 e. The number of hydrogen-bond acceptors (Lipinski definition) is 8. The van der Waals surface area contributed by atoms with Crippen molar-refractivity contribution < 1.29 is 28.2 Å². The molecule has 0 saturated carbocycles. The molecule has 3 heterocycles. The number of aliphatic carboxylic acids is 2. The molecule has 12 nitrogen and oxygen atoms in total. The fraction of sp³-hybridized carbons (Fsp3) is 0.364. The van der Waals surface area contributed by atoms with Crippen molar-refractivity contribution in [3.8, 4) is 11.3 Å². The maximum Gasteiger partial charge on any atom is 0.328 e. The third-order valence-corrected chi connectivity index (χ3v) is 7.10. The predicted octanol–water partition coefficient (Wildman–Crippen LogP) is 0.729. The summed E-state index contributed by atoms with van der Waals surface area (Å²) in [5.74, 6) is -0.168. The summed E-state index contributed by atoms with van der Waals surface area (Å²) in [6.07, 6.45) is 1.12. The van der Waals surface area contributed by atoms with E-state index in [2.05, 4.69) is 25.1 Å². The number of carbonyl (C=O) groups is 2. The second kappa shape index (κ2) is 11.3. The second-order valence-electron chi connectivity index (χ2n) is 8.34. The number of anilines is 2. The molecule has 2 aliphatic heterocycles. The molecule has 2 atom stereocenters. The highest BCUT2D eigenvalue weighted by molar-refractivity contribution is 7.90. The average Bonchev–Trinajstić information content (AvgIpc) is 3.41. The number of aromatic nitrogens is 2. The summed E-state index contributed by atoms with van der Waals surface area (Å²) in [7, 11) is -0.537. The largest absolute Gasteiger partial charge is 0.478 e. The highest BCUT2D eigenvalue weighted by Crippen LogP contribution is 2.30. The number of carboxylic acids is 2. The summed E-state index contributed by atoms with van der Waals surface area (Å²) in [6.45, 7) is 4.26. The van der Waals surface area contributed by atoms with Gasteiger partial charge in [-0.2, -0.15) is 12.7 Å². The van der Waals surface area contributed by atoms with E-state index in [1.54, 1.807) is 12.1 Å². The molecule has 2 aromatic rings. The Hall–Kier alpha value is -3.55. The first-order chi connectivity index (χ1) is 16.5. The molecule has 0 amide bonds. The molecule has 1 aromatic heterocycles. The van der Waals surface area contributed by atoms with Crippen LogP contribution in [0.5, 0.6) is 0 Å². The lowest BCUT2D eigenvalue weighted by molar-refractivity contribution is -0.134. The van der Waals surface area contributed by atoms with Gasteiger partial charge >= 0.3 is 22.1 Å². The van der Waals surface area contributed by atoms with E-state index < -0.39 is 22.1 Å². The van der Waals surface area contributed by atoms with E-state index in [4.69, 9.17) is 10.2 Å². The first kappa shape index (κ1) is 26.1. The van der Waals surface area contributed by atoms with Gasteiger partial charge in [0, 0.05) is 63.7 Å². The number of rotatable bonds is 7. The van der Waals surface area contributed by atoms with Crippen molar-refractivity contribution >= 4 is 33.7 Å². The Morgan fingerprint density at radius 1 is 1.00 bits per heavy atom. The molecule has 35 heavy (non-hydrogen) atoms. The van der Waals surface area contributed by atoms with E-state index in [0.717, 1.165) is 47.6 Å². The molecule has 4 N–H and O–H groups in total. The van der Waals surface area contributed by atoms with Crippen LogP contribution in [0.1, 0.15) is 0 Å². The van der Waals surface area contributed by atoms with Crippen LogP contribution >= 0.6 is 0 Å². The zero-order valence-electron chi connectivity index (χ0n) is 19.3. The molecule has 0 bridgehead atoms. The predicted molar refractivity (Wildman–Crippen MR) is 130 cm³/mol. The van der Waals surface area contributed by atoms with Crippen molar-refractivity contribution in [1.82, 2.24) is 19.8 Å². The van der Waals surface area contributed by atoms with Crippen LogP contribution in [-0.2, 0) is 19.8 Å². The van der Waals surface area contributed by atoms with Gasteiger partial charge in [-0.05, 0) is 36.1 Å². The third kappa shape index (κ3) is 7.21. The summed E-state index contributed by atoms with van der Waals surface area (Å²) in [5.41, 5.74) is 2.17. The molecule has 1 aromatic carbocycles. The molecule has 0 spiro atoms. The molecule has 0 radical (unpaired) electrons. The van der Waals surface area contributed by atoms with Crippen molar-refractivity contribution in [3.63, 3.8) is 0 Å². The van der Waals surface area contributed by atoms with Crippen molar-refractivity contribution in [2.24, 2.45) is 11.8 Å². The normalized spacial score (nSPS) is 19.3. The fourth-order valence-corrected chi connectivity index (χ4v) is 4.40. The minimum atomic E-state index is -3.51. The molecule has 2 fully saturated rings. The number of nitrogens with zero attached hydrogens (tertiary/aromatic N) is 4. The van der Waals surface area contributed by atoms with E-state index in [1.165, 1.54) is 14.1 Å². The lowest BCUT2D eigenvalue weighted by Gasteiger charge is -2.18. The Bertz CT molecular complexity index is 1140. The topological polar surface area (TPSA) is 165 Å². The van der Waals surface area contributed by atoms with Gasteiger partial charge in [0.15, 0.2) is 5.82 Å². The molecule has 0 aliphatic carbocycles. The van der Waals surface area contributed by atoms with Gasteiger partial charge in [0.25, 0.3) is 0 Å². The highest BCUT2D eigenvalue weighted by Gasteiger charge is 2.36. The van der Waals surface area contributed by atoms with Crippen LogP contribution in [0.4, 0.5) is 11.5 Å². The standard InChI is InChI=1S/C18H24N6O2S.C4H4O4/c1-23(2)27(25,26)22-16-5-3-13(4-6-16)17-7-8-18(21-20-17)24-11-14-9-19-10-15(14)12-24;5-3(6)1-2-4(7)8/h3-8,14-15,19,22H,9-12H2,1-2H3;1-2H,(H,5,6)(H,7,8). The van der Waals surface area contributed by atoms with Crippen LogP contribution < -0.4 is 14.9 Å².